The van der Waals surface area contributed by atoms with Crippen LogP contribution in [0.2, 0.25) is 5.02 Å². The molecule has 1 fully saturated rings. The summed E-state index contributed by atoms with van der Waals surface area (Å²) in [5.41, 5.74) is 1.31. The normalized spacial score (nSPS) is 16.2. The molecule has 0 saturated carbocycles. The molecule has 0 unspecified atom stereocenters. The van der Waals surface area contributed by atoms with E-state index in [4.69, 9.17) is 25.8 Å². The van der Waals surface area contributed by atoms with Crippen molar-refractivity contribution in [1.29, 1.82) is 0 Å². The molecule has 168 valence electrons. The van der Waals surface area contributed by atoms with E-state index in [9.17, 15) is 4.79 Å². The summed E-state index contributed by atoms with van der Waals surface area (Å²) in [6.45, 7) is 3.74. The molecule has 0 aliphatic carbocycles. The van der Waals surface area contributed by atoms with Crippen LogP contribution in [0.1, 0.15) is 12.1 Å². The quantitative estimate of drug-likeness (QED) is 0.491. The zero-order chi connectivity index (χ0) is 22.3. The highest BCUT2D eigenvalue weighted by atomic mass is 35.5. The van der Waals surface area contributed by atoms with Crippen LogP contribution in [0.5, 0.6) is 11.5 Å². The summed E-state index contributed by atoms with van der Waals surface area (Å²) in [5.74, 6) is 1.26. The van der Waals surface area contributed by atoms with Crippen LogP contribution in [0.15, 0.2) is 65.7 Å². The van der Waals surface area contributed by atoms with E-state index in [1.165, 1.54) is 6.07 Å². The van der Waals surface area contributed by atoms with Gasteiger partial charge in [0, 0.05) is 50.9 Å². The third-order valence-electron chi connectivity index (χ3n) is 5.42. The average Bonchev–Trinajstić information content (AvgIpc) is 3.27. The Hall–Kier alpha value is -2.87. The predicted octanol–water partition coefficient (Wildman–Crippen LogP) is 3.56. The first-order chi connectivity index (χ1) is 15.6. The number of benzene rings is 1. The van der Waals surface area contributed by atoms with E-state index >= 15 is 0 Å². The van der Waals surface area contributed by atoms with Crippen molar-refractivity contribution in [2.45, 2.75) is 19.1 Å². The molecule has 1 atom stereocenters. The molecule has 1 aliphatic rings. The molecular weight excluding hydrogens is 430 g/mol. The lowest BCUT2D eigenvalue weighted by atomic mass is 10.3. The van der Waals surface area contributed by atoms with Crippen molar-refractivity contribution >= 4 is 11.6 Å². The highest BCUT2D eigenvalue weighted by Crippen LogP contribution is 2.17. The SMILES string of the molecule is CO[C@@H]1CCN(CCOc2ccc(-n3ccc(OCc4ccc(Cl)cn4)cc3=O)cc2)C1. The van der Waals surface area contributed by atoms with E-state index in [0.29, 0.717) is 23.5 Å². The van der Waals surface area contributed by atoms with Crippen LogP contribution in [0, 0.1) is 0 Å². The van der Waals surface area contributed by atoms with Crippen LogP contribution >= 0.6 is 11.6 Å². The molecule has 32 heavy (non-hydrogen) atoms. The maximum atomic E-state index is 12.6. The molecule has 0 spiro atoms. The van der Waals surface area contributed by atoms with Crippen LogP contribution in [-0.2, 0) is 11.3 Å². The summed E-state index contributed by atoms with van der Waals surface area (Å²) in [5, 5.41) is 0.569. The lowest BCUT2D eigenvalue weighted by Crippen LogP contribution is -2.27. The van der Waals surface area contributed by atoms with E-state index in [0.717, 1.165) is 43.2 Å². The van der Waals surface area contributed by atoms with E-state index in [1.807, 2.05) is 24.3 Å². The summed E-state index contributed by atoms with van der Waals surface area (Å²) in [6, 6.07) is 14.2. The van der Waals surface area contributed by atoms with Crippen molar-refractivity contribution in [3.8, 4) is 17.2 Å². The van der Waals surface area contributed by atoms with Crippen LogP contribution in [0.3, 0.4) is 0 Å². The summed E-state index contributed by atoms with van der Waals surface area (Å²) >= 11 is 5.84. The fraction of sp³-hybridized carbons (Fsp3) is 0.333. The Labute approximate surface area is 192 Å². The van der Waals surface area contributed by atoms with Crippen molar-refractivity contribution in [1.82, 2.24) is 14.5 Å². The lowest BCUT2D eigenvalue weighted by Gasteiger charge is -2.16. The van der Waals surface area contributed by atoms with Gasteiger partial charge >= 0.3 is 0 Å². The molecule has 0 amide bonds. The van der Waals surface area contributed by atoms with E-state index in [1.54, 1.807) is 42.3 Å². The van der Waals surface area contributed by atoms with Crippen molar-refractivity contribution < 1.29 is 14.2 Å². The smallest absolute Gasteiger partial charge is 0.258 e. The van der Waals surface area contributed by atoms with E-state index in [2.05, 4.69) is 9.88 Å². The number of likely N-dealkylation sites (tertiary alicyclic amines) is 1. The topological polar surface area (TPSA) is 65.8 Å². The van der Waals surface area contributed by atoms with Gasteiger partial charge in [0.1, 0.15) is 24.7 Å². The monoisotopic (exact) mass is 455 g/mol. The van der Waals surface area contributed by atoms with Gasteiger partial charge in [0.05, 0.1) is 16.8 Å². The fourth-order valence-electron chi connectivity index (χ4n) is 3.60. The number of pyridine rings is 2. The van der Waals surface area contributed by atoms with Gasteiger partial charge in [0.15, 0.2) is 0 Å². The number of aromatic nitrogens is 2. The molecule has 1 aliphatic heterocycles. The van der Waals surface area contributed by atoms with Gasteiger partial charge in [0.25, 0.3) is 5.56 Å². The Morgan fingerprint density at radius 2 is 1.94 bits per heavy atom. The van der Waals surface area contributed by atoms with Gasteiger partial charge in [-0.2, -0.15) is 0 Å². The zero-order valence-electron chi connectivity index (χ0n) is 17.9. The number of hydrogen-bond donors (Lipinski definition) is 0. The first kappa shape index (κ1) is 22.3. The summed E-state index contributed by atoms with van der Waals surface area (Å²) in [4.78, 5) is 19.1. The van der Waals surface area contributed by atoms with Gasteiger partial charge < -0.3 is 14.2 Å². The third-order valence-corrected chi connectivity index (χ3v) is 5.64. The number of methoxy groups -OCH3 is 1. The molecule has 2 aromatic heterocycles. The second-order valence-electron chi connectivity index (χ2n) is 7.62. The highest BCUT2D eigenvalue weighted by Gasteiger charge is 2.21. The molecule has 3 aromatic rings. The molecule has 8 heteroatoms. The largest absolute Gasteiger partial charge is 0.492 e. The first-order valence-corrected chi connectivity index (χ1v) is 10.9. The molecule has 0 radical (unpaired) electrons. The summed E-state index contributed by atoms with van der Waals surface area (Å²) < 4.78 is 18.5. The summed E-state index contributed by atoms with van der Waals surface area (Å²) in [6.07, 6.45) is 4.66. The van der Waals surface area contributed by atoms with Gasteiger partial charge in [-0.1, -0.05) is 11.6 Å². The minimum absolute atomic E-state index is 0.179. The number of hydrogen-bond acceptors (Lipinski definition) is 6. The molecule has 3 heterocycles. The van der Waals surface area contributed by atoms with Crippen molar-refractivity contribution in [2.75, 3.05) is 33.4 Å². The molecule has 0 N–H and O–H groups in total. The molecular formula is C24H26ClN3O4. The van der Waals surface area contributed by atoms with Gasteiger partial charge in [-0.3, -0.25) is 19.2 Å². The van der Waals surface area contributed by atoms with Gasteiger partial charge in [-0.25, -0.2) is 0 Å². The third kappa shape index (κ3) is 5.88. The van der Waals surface area contributed by atoms with Crippen LogP contribution in [0.25, 0.3) is 5.69 Å². The summed E-state index contributed by atoms with van der Waals surface area (Å²) in [7, 11) is 1.76. The van der Waals surface area contributed by atoms with Crippen molar-refractivity contribution in [3.63, 3.8) is 0 Å². The zero-order valence-corrected chi connectivity index (χ0v) is 18.7. The van der Waals surface area contributed by atoms with E-state index in [-0.39, 0.29) is 12.2 Å². The Morgan fingerprint density at radius 1 is 1.09 bits per heavy atom. The number of halogens is 1. The average molecular weight is 456 g/mol. The number of ether oxygens (including phenoxy) is 3. The molecule has 1 saturated heterocycles. The predicted molar refractivity (Wildman–Crippen MR) is 123 cm³/mol. The van der Waals surface area contributed by atoms with E-state index < -0.39 is 0 Å². The van der Waals surface area contributed by atoms with Gasteiger partial charge in [0.2, 0.25) is 0 Å². The lowest BCUT2D eigenvalue weighted by molar-refractivity contribution is 0.106. The van der Waals surface area contributed by atoms with Crippen LogP contribution < -0.4 is 15.0 Å². The molecule has 4 rings (SSSR count). The second kappa shape index (κ2) is 10.6. The van der Waals surface area contributed by atoms with Crippen LogP contribution in [0.4, 0.5) is 0 Å². The van der Waals surface area contributed by atoms with Crippen molar-refractivity contribution in [2.24, 2.45) is 0 Å². The number of nitrogens with zero attached hydrogens (tertiary/aromatic N) is 3. The fourth-order valence-corrected chi connectivity index (χ4v) is 3.71. The van der Waals surface area contributed by atoms with Gasteiger partial charge in [-0.05, 0) is 48.9 Å². The van der Waals surface area contributed by atoms with Crippen LogP contribution in [-0.4, -0.2) is 53.9 Å². The molecule has 1 aromatic carbocycles. The van der Waals surface area contributed by atoms with Crippen molar-refractivity contribution in [3.05, 3.63) is 82.0 Å². The van der Waals surface area contributed by atoms with Gasteiger partial charge in [-0.15, -0.1) is 0 Å². The first-order valence-electron chi connectivity index (χ1n) is 10.5. The maximum Gasteiger partial charge on any atom is 0.258 e. The second-order valence-corrected chi connectivity index (χ2v) is 8.05. The minimum Gasteiger partial charge on any atom is -0.492 e. The molecule has 7 nitrogen and oxygen atoms in total. The maximum absolute atomic E-state index is 12.6. The Morgan fingerprint density at radius 3 is 2.62 bits per heavy atom. The Kier molecular flexibility index (Phi) is 7.42. The standard InChI is InChI=1S/C24H26ClN3O4/c1-30-23-8-10-27(16-23)12-13-31-21-6-4-20(5-7-21)28-11-9-22(14-24(28)29)32-17-19-3-2-18(25)15-26-19/h2-7,9,11,14-15,23H,8,10,12-13,16-17H2,1H3/t23-/m1/s1. The number of rotatable bonds is 9. The molecule has 0 bridgehead atoms. The Balaban J connectivity index is 1.30. The highest BCUT2D eigenvalue weighted by molar-refractivity contribution is 6.30. The minimum atomic E-state index is -0.179. The Bertz CT molecular complexity index is 1070.